The molecule has 2 aromatic carbocycles. The Balaban J connectivity index is 0.00000192. The predicted molar refractivity (Wildman–Crippen MR) is 89.6 cm³/mol. The van der Waals surface area contributed by atoms with Crippen LogP contribution in [-0.2, 0) is 10.0 Å². The van der Waals surface area contributed by atoms with Crippen LogP contribution in [0, 0.1) is 5.82 Å². The summed E-state index contributed by atoms with van der Waals surface area (Å²) in [7, 11) is -3.72. The largest absolute Gasteiger partial charge is 0.326 e. The Morgan fingerprint density at radius 3 is 2.39 bits per heavy atom. The van der Waals surface area contributed by atoms with Crippen LogP contribution in [0.15, 0.2) is 59.5 Å². The van der Waals surface area contributed by atoms with E-state index in [2.05, 4.69) is 0 Å². The van der Waals surface area contributed by atoms with Crippen LogP contribution in [-0.4, -0.2) is 31.9 Å². The first-order chi connectivity index (χ1) is 10.5. The normalized spacial score (nSPS) is 21.8. The van der Waals surface area contributed by atoms with Gasteiger partial charge >= 0.3 is 0 Å². The van der Waals surface area contributed by atoms with Crippen molar-refractivity contribution in [2.24, 2.45) is 5.73 Å². The molecule has 2 N–H and O–H groups in total. The van der Waals surface area contributed by atoms with E-state index in [1.807, 2.05) is 30.3 Å². The van der Waals surface area contributed by atoms with Gasteiger partial charge in [-0.3, -0.25) is 0 Å². The molecule has 1 heterocycles. The first-order valence-corrected chi connectivity index (χ1v) is 8.49. The lowest BCUT2D eigenvalue weighted by Crippen LogP contribution is -2.32. The maximum atomic E-state index is 13.3. The minimum atomic E-state index is -3.72. The summed E-state index contributed by atoms with van der Waals surface area (Å²) in [5.41, 5.74) is 7.15. The van der Waals surface area contributed by atoms with Gasteiger partial charge in [0.15, 0.2) is 0 Å². The van der Waals surface area contributed by atoms with E-state index in [0.29, 0.717) is 6.54 Å². The molecule has 2 aromatic rings. The third kappa shape index (κ3) is 3.55. The molecule has 0 amide bonds. The van der Waals surface area contributed by atoms with Gasteiger partial charge in [-0.2, -0.15) is 4.31 Å². The standard InChI is InChI=1S/C16H17FN2O2S.ClH/c17-13-7-4-8-14(9-13)22(20,21)19-10-15(16(18)11-19)12-5-2-1-3-6-12;/h1-9,15-16H,10-11,18H2;1H/t15-,16+;/m0./s1. The van der Waals surface area contributed by atoms with E-state index in [-0.39, 0.29) is 35.8 Å². The first-order valence-electron chi connectivity index (χ1n) is 7.05. The highest BCUT2D eigenvalue weighted by Crippen LogP contribution is 2.30. The van der Waals surface area contributed by atoms with E-state index in [4.69, 9.17) is 5.73 Å². The van der Waals surface area contributed by atoms with Gasteiger partial charge < -0.3 is 5.73 Å². The maximum Gasteiger partial charge on any atom is 0.243 e. The lowest BCUT2D eigenvalue weighted by atomic mass is 9.95. The van der Waals surface area contributed by atoms with Gasteiger partial charge in [0.25, 0.3) is 0 Å². The van der Waals surface area contributed by atoms with E-state index in [1.165, 1.54) is 22.5 Å². The Hall–Kier alpha value is -1.47. The van der Waals surface area contributed by atoms with E-state index in [1.54, 1.807) is 0 Å². The second kappa shape index (κ2) is 6.97. The number of nitrogens with zero attached hydrogens (tertiary/aromatic N) is 1. The van der Waals surface area contributed by atoms with Crippen molar-refractivity contribution in [3.63, 3.8) is 0 Å². The average molecular weight is 357 g/mol. The minimum absolute atomic E-state index is 0. The highest BCUT2D eigenvalue weighted by molar-refractivity contribution is 7.89. The van der Waals surface area contributed by atoms with Gasteiger partial charge in [0.2, 0.25) is 10.0 Å². The molecule has 1 fully saturated rings. The van der Waals surface area contributed by atoms with Crippen molar-refractivity contribution in [2.45, 2.75) is 16.9 Å². The molecule has 1 aliphatic heterocycles. The lowest BCUT2D eigenvalue weighted by Gasteiger charge is -2.16. The predicted octanol–water partition coefficient (Wildman–Crippen LogP) is 2.36. The van der Waals surface area contributed by atoms with Gasteiger partial charge in [-0.05, 0) is 23.8 Å². The smallest absolute Gasteiger partial charge is 0.243 e. The first kappa shape index (κ1) is 17.9. The molecule has 0 saturated carbocycles. The topological polar surface area (TPSA) is 63.4 Å². The quantitative estimate of drug-likeness (QED) is 0.918. The molecule has 0 unspecified atom stereocenters. The van der Waals surface area contributed by atoms with Crippen LogP contribution >= 0.6 is 12.4 Å². The molecule has 3 rings (SSSR count). The summed E-state index contributed by atoms with van der Waals surface area (Å²) in [5, 5.41) is 0. The summed E-state index contributed by atoms with van der Waals surface area (Å²) in [4.78, 5) is -0.0339. The monoisotopic (exact) mass is 356 g/mol. The zero-order chi connectivity index (χ0) is 15.7. The molecule has 4 nitrogen and oxygen atoms in total. The molecule has 0 aliphatic carbocycles. The SMILES string of the molecule is Cl.N[C@@H]1CN(S(=O)(=O)c2cccc(F)c2)C[C@H]1c1ccccc1. The van der Waals surface area contributed by atoms with Crippen molar-refractivity contribution in [2.75, 3.05) is 13.1 Å². The van der Waals surface area contributed by atoms with Crippen molar-refractivity contribution < 1.29 is 12.8 Å². The van der Waals surface area contributed by atoms with E-state index in [9.17, 15) is 12.8 Å². The molecule has 124 valence electrons. The molecule has 2 atom stereocenters. The van der Waals surface area contributed by atoms with Gasteiger partial charge in [-0.1, -0.05) is 36.4 Å². The Morgan fingerprint density at radius 2 is 1.74 bits per heavy atom. The van der Waals surface area contributed by atoms with Crippen LogP contribution in [0.25, 0.3) is 0 Å². The fourth-order valence-electron chi connectivity index (χ4n) is 2.82. The number of hydrogen-bond acceptors (Lipinski definition) is 3. The summed E-state index contributed by atoms with van der Waals surface area (Å²) in [5.74, 6) is -0.617. The summed E-state index contributed by atoms with van der Waals surface area (Å²) < 4.78 is 39.9. The summed E-state index contributed by atoms with van der Waals surface area (Å²) in [6.07, 6.45) is 0. The molecule has 0 spiro atoms. The Morgan fingerprint density at radius 1 is 1.04 bits per heavy atom. The van der Waals surface area contributed by atoms with Gasteiger partial charge in [0.1, 0.15) is 5.82 Å². The molecule has 0 radical (unpaired) electrons. The van der Waals surface area contributed by atoms with Crippen molar-refractivity contribution in [1.29, 1.82) is 0 Å². The minimum Gasteiger partial charge on any atom is -0.326 e. The molecular formula is C16H18ClFN2O2S. The number of hydrogen-bond donors (Lipinski definition) is 1. The van der Waals surface area contributed by atoms with E-state index < -0.39 is 15.8 Å². The third-order valence-corrected chi connectivity index (χ3v) is 5.82. The number of nitrogens with two attached hydrogens (primary N) is 1. The van der Waals surface area contributed by atoms with Crippen LogP contribution in [0.2, 0.25) is 0 Å². The lowest BCUT2D eigenvalue weighted by molar-refractivity contribution is 0.469. The fraction of sp³-hybridized carbons (Fsp3) is 0.250. The zero-order valence-electron chi connectivity index (χ0n) is 12.3. The van der Waals surface area contributed by atoms with Crippen LogP contribution in [0.5, 0.6) is 0 Å². The Bertz CT molecular complexity index is 771. The van der Waals surface area contributed by atoms with Crippen LogP contribution < -0.4 is 5.73 Å². The highest BCUT2D eigenvalue weighted by atomic mass is 35.5. The Labute approximate surface area is 141 Å². The average Bonchev–Trinajstić information content (AvgIpc) is 2.91. The summed E-state index contributed by atoms with van der Waals surface area (Å²) >= 11 is 0. The van der Waals surface area contributed by atoms with Gasteiger partial charge in [0, 0.05) is 25.0 Å². The van der Waals surface area contributed by atoms with Crippen molar-refractivity contribution in [3.05, 3.63) is 66.0 Å². The zero-order valence-corrected chi connectivity index (χ0v) is 13.9. The highest BCUT2D eigenvalue weighted by Gasteiger charge is 2.38. The van der Waals surface area contributed by atoms with Crippen molar-refractivity contribution in [3.8, 4) is 0 Å². The number of sulfonamides is 1. The molecule has 1 aliphatic rings. The number of benzene rings is 2. The van der Waals surface area contributed by atoms with Crippen LogP contribution in [0.4, 0.5) is 4.39 Å². The summed E-state index contributed by atoms with van der Waals surface area (Å²) in [6.45, 7) is 0.544. The third-order valence-electron chi connectivity index (χ3n) is 3.99. The second-order valence-electron chi connectivity index (χ2n) is 5.46. The van der Waals surface area contributed by atoms with E-state index in [0.717, 1.165) is 11.6 Å². The van der Waals surface area contributed by atoms with E-state index >= 15 is 0 Å². The maximum absolute atomic E-state index is 13.3. The molecule has 1 saturated heterocycles. The van der Waals surface area contributed by atoms with Crippen molar-refractivity contribution >= 4 is 22.4 Å². The second-order valence-corrected chi connectivity index (χ2v) is 7.40. The number of halogens is 2. The van der Waals surface area contributed by atoms with Crippen molar-refractivity contribution in [1.82, 2.24) is 4.31 Å². The molecule has 0 aromatic heterocycles. The molecule has 7 heteroatoms. The fourth-order valence-corrected chi connectivity index (χ4v) is 4.35. The Kier molecular flexibility index (Phi) is 5.41. The molecule has 0 bridgehead atoms. The molecule has 23 heavy (non-hydrogen) atoms. The van der Waals surface area contributed by atoms with Crippen LogP contribution in [0.1, 0.15) is 11.5 Å². The van der Waals surface area contributed by atoms with Crippen LogP contribution in [0.3, 0.4) is 0 Å². The van der Waals surface area contributed by atoms with Gasteiger partial charge in [-0.25, -0.2) is 12.8 Å². The van der Waals surface area contributed by atoms with Gasteiger partial charge in [0.05, 0.1) is 4.90 Å². The van der Waals surface area contributed by atoms with Gasteiger partial charge in [-0.15, -0.1) is 12.4 Å². The summed E-state index contributed by atoms with van der Waals surface area (Å²) in [6, 6.07) is 14.4. The number of rotatable bonds is 3. The molecular weight excluding hydrogens is 339 g/mol.